The number of aryl methyl sites for hydroxylation is 1. The molecule has 0 aliphatic carbocycles. The zero-order chi connectivity index (χ0) is 22.6. The molecule has 1 aliphatic heterocycles. The number of fused-ring (bicyclic) bond motifs is 1. The monoisotopic (exact) mass is 435 g/mol. The number of amides is 1. The summed E-state index contributed by atoms with van der Waals surface area (Å²) in [6.45, 7) is 2.80. The van der Waals surface area contributed by atoms with Gasteiger partial charge in [0.2, 0.25) is 0 Å². The molecular weight excluding hydrogens is 410 g/mol. The van der Waals surface area contributed by atoms with Crippen LogP contribution in [0, 0.1) is 12.8 Å². The Kier molecular flexibility index (Phi) is 5.93. The van der Waals surface area contributed by atoms with Crippen molar-refractivity contribution in [3.63, 3.8) is 0 Å². The number of carbonyl (C=O) groups is 1. The maximum atomic E-state index is 13.1. The Hall–Kier alpha value is -3.87. The average molecular weight is 436 g/mol. The smallest absolute Gasteiger partial charge is 0.267 e. The maximum Gasteiger partial charge on any atom is 0.272 e. The van der Waals surface area contributed by atoms with Crippen molar-refractivity contribution in [2.24, 2.45) is 11.0 Å². The van der Waals surface area contributed by atoms with Gasteiger partial charge in [-0.1, -0.05) is 78.4 Å². The second-order valence-electron chi connectivity index (χ2n) is 8.23. The van der Waals surface area contributed by atoms with Crippen molar-refractivity contribution >= 4 is 23.0 Å². The van der Waals surface area contributed by atoms with Gasteiger partial charge in [0.15, 0.2) is 0 Å². The van der Waals surface area contributed by atoms with Crippen LogP contribution in [0.3, 0.4) is 0 Å². The fourth-order valence-corrected chi connectivity index (χ4v) is 4.13. The molecule has 6 nitrogen and oxygen atoms in total. The maximum absolute atomic E-state index is 13.1. The topological polar surface area (TPSA) is 78.4 Å². The van der Waals surface area contributed by atoms with Crippen LogP contribution in [0.15, 0.2) is 90.0 Å². The highest BCUT2D eigenvalue weighted by Gasteiger charge is 2.26. The van der Waals surface area contributed by atoms with E-state index in [4.69, 9.17) is 4.98 Å². The average Bonchev–Trinajstić information content (AvgIpc) is 3.33. The van der Waals surface area contributed by atoms with E-state index in [0.717, 1.165) is 28.7 Å². The second kappa shape index (κ2) is 9.32. The number of nitrogens with zero attached hydrogens (tertiary/aromatic N) is 2. The van der Waals surface area contributed by atoms with Crippen LogP contribution in [0.25, 0.3) is 22.2 Å². The number of carbonyl (C=O) groups excluding carboxylic acids is 1. The van der Waals surface area contributed by atoms with E-state index in [9.17, 15) is 4.79 Å². The molecule has 2 unspecified atom stereocenters. The number of hydrazine groups is 1. The molecule has 1 fully saturated rings. The summed E-state index contributed by atoms with van der Waals surface area (Å²) in [5, 5.41) is 5.11. The standard InChI is InChI=1S/C27H25N5O/c1-18-11-13-20(14-12-18)26-21(16-28-31-26)17-29-32-27(33)23-15-25(19-7-3-2-4-8-19)30-24-10-6-5-9-22(23)24/h2-15,17,21,26,28,31H,16H2,1H3,(H,32,33)/b29-17+. The Morgan fingerprint density at radius 3 is 2.61 bits per heavy atom. The fraction of sp³-hybridized carbons (Fsp3) is 0.148. The zero-order valence-corrected chi connectivity index (χ0v) is 18.3. The van der Waals surface area contributed by atoms with Crippen LogP contribution in [-0.4, -0.2) is 23.7 Å². The van der Waals surface area contributed by atoms with Crippen molar-refractivity contribution in [1.29, 1.82) is 0 Å². The normalized spacial score (nSPS) is 18.1. The molecule has 3 N–H and O–H groups in total. The van der Waals surface area contributed by atoms with Crippen molar-refractivity contribution in [2.45, 2.75) is 13.0 Å². The molecule has 1 aliphatic rings. The molecule has 1 saturated heterocycles. The number of rotatable bonds is 5. The van der Waals surface area contributed by atoms with Crippen LogP contribution >= 0.6 is 0 Å². The molecule has 1 amide bonds. The molecule has 0 bridgehead atoms. The lowest BCUT2D eigenvalue weighted by Gasteiger charge is -2.15. The quantitative estimate of drug-likeness (QED) is 0.321. The van der Waals surface area contributed by atoms with Crippen molar-refractivity contribution in [3.05, 3.63) is 102 Å². The number of hydrogen-bond donors (Lipinski definition) is 3. The first-order valence-corrected chi connectivity index (χ1v) is 11.0. The van der Waals surface area contributed by atoms with E-state index in [0.29, 0.717) is 5.56 Å². The summed E-state index contributed by atoms with van der Waals surface area (Å²) in [6, 6.07) is 27.9. The molecule has 5 rings (SSSR count). The predicted molar refractivity (Wildman–Crippen MR) is 132 cm³/mol. The highest BCUT2D eigenvalue weighted by molar-refractivity contribution is 6.07. The van der Waals surface area contributed by atoms with E-state index in [1.807, 2.05) is 60.7 Å². The number of nitrogens with one attached hydrogen (secondary N) is 3. The van der Waals surface area contributed by atoms with Crippen molar-refractivity contribution in [1.82, 2.24) is 21.3 Å². The van der Waals surface area contributed by atoms with E-state index in [-0.39, 0.29) is 17.9 Å². The van der Waals surface area contributed by atoms with Gasteiger partial charge in [0.1, 0.15) is 0 Å². The molecule has 0 radical (unpaired) electrons. The molecule has 0 spiro atoms. The third-order valence-electron chi connectivity index (χ3n) is 5.92. The fourth-order valence-electron chi connectivity index (χ4n) is 4.13. The first-order chi connectivity index (χ1) is 16.2. The Labute approximate surface area is 192 Å². The molecule has 4 aromatic rings. The van der Waals surface area contributed by atoms with Gasteiger partial charge < -0.3 is 0 Å². The Bertz CT molecular complexity index is 1300. The number of aromatic nitrogens is 1. The van der Waals surface area contributed by atoms with Crippen molar-refractivity contribution < 1.29 is 4.79 Å². The minimum Gasteiger partial charge on any atom is -0.267 e. The van der Waals surface area contributed by atoms with Gasteiger partial charge in [-0.3, -0.25) is 10.2 Å². The number of pyridine rings is 1. The molecule has 2 heterocycles. The minimum absolute atomic E-state index is 0.0951. The molecular formula is C27H25N5O. The van der Waals surface area contributed by atoms with Gasteiger partial charge in [0.05, 0.1) is 22.8 Å². The second-order valence-corrected chi connectivity index (χ2v) is 8.23. The van der Waals surface area contributed by atoms with E-state index in [1.54, 1.807) is 6.21 Å². The van der Waals surface area contributed by atoms with Gasteiger partial charge in [-0.15, -0.1) is 0 Å². The molecule has 0 saturated carbocycles. The third kappa shape index (κ3) is 4.53. The van der Waals surface area contributed by atoms with Gasteiger partial charge in [-0.2, -0.15) is 5.10 Å². The Morgan fingerprint density at radius 1 is 1.03 bits per heavy atom. The van der Waals surface area contributed by atoms with E-state index < -0.39 is 0 Å². The van der Waals surface area contributed by atoms with Gasteiger partial charge in [-0.05, 0) is 24.6 Å². The summed E-state index contributed by atoms with van der Waals surface area (Å²) >= 11 is 0. The van der Waals surface area contributed by atoms with E-state index in [2.05, 4.69) is 52.6 Å². The largest absolute Gasteiger partial charge is 0.272 e. The Balaban J connectivity index is 1.38. The highest BCUT2D eigenvalue weighted by atomic mass is 16.2. The predicted octanol–water partition coefficient (Wildman–Crippen LogP) is 4.39. The molecule has 3 aromatic carbocycles. The number of hydrazone groups is 1. The van der Waals surface area contributed by atoms with Gasteiger partial charge in [0, 0.05) is 29.6 Å². The highest BCUT2D eigenvalue weighted by Crippen LogP contribution is 2.26. The lowest BCUT2D eigenvalue weighted by molar-refractivity contribution is 0.0956. The van der Waals surface area contributed by atoms with Crippen LogP contribution in [0.2, 0.25) is 0 Å². The number of para-hydroxylation sites is 1. The summed E-state index contributed by atoms with van der Waals surface area (Å²) in [5.74, 6) is -0.144. The van der Waals surface area contributed by atoms with Gasteiger partial charge >= 0.3 is 0 Å². The summed E-state index contributed by atoms with van der Waals surface area (Å²) in [4.78, 5) is 17.9. The van der Waals surface area contributed by atoms with Gasteiger partial charge in [0.25, 0.3) is 5.91 Å². The summed E-state index contributed by atoms with van der Waals surface area (Å²) in [7, 11) is 0. The number of benzene rings is 3. The molecule has 6 heteroatoms. The lowest BCUT2D eigenvalue weighted by atomic mass is 9.95. The minimum atomic E-state index is -0.257. The van der Waals surface area contributed by atoms with Crippen LogP contribution in [0.1, 0.15) is 27.5 Å². The zero-order valence-electron chi connectivity index (χ0n) is 18.3. The van der Waals surface area contributed by atoms with Crippen LogP contribution in [0.4, 0.5) is 0 Å². The molecule has 2 atom stereocenters. The van der Waals surface area contributed by atoms with Crippen LogP contribution < -0.4 is 16.3 Å². The first kappa shape index (κ1) is 21.0. The first-order valence-electron chi connectivity index (χ1n) is 11.0. The SMILES string of the molecule is Cc1ccc(C2NNCC2/C=N/NC(=O)c2cc(-c3ccccc3)nc3ccccc23)cc1. The van der Waals surface area contributed by atoms with Crippen molar-refractivity contribution in [2.75, 3.05) is 6.54 Å². The number of hydrogen-bond acceptors (Lipinski definition) is 5. The van der Waals surface area contributed by atoms with Crippen LogP contribution in [-0.2, 0) is 0 Å². The summed E-state index contributed by atoms with van der Waals surface area (Å²) in [6.07, 6.45) is 1.80. The molecule has 164 valence electrons. The van der Waals surface area contributed by atoms with Crippen LogP contribution in [0.5, 0.6) is 0 Å². The lowest BCUT2D eigenvalue weighted by Crippen LogP contribution is -2.25. The summed E-state index contributed by atoms with van der Waals surface area (Å²) < 4.78 is 0. The van der Waals surface area contributed by atoms with E-state index in [1.165, 1.54) is 11.1 Å². The van der Waals surface area contributed by atoms with E-state index >= 15 is 0 Å². The molecule has 1 aromatic heterocycles. The van der Waals surface area contributed by atoms with Crippen molar-refractivity contribution in [3.8, 4) is 11.3 Å². The molecule has 33 heavy (non-hydrogen) atoms. The Morgan fingerprint density at radius 2 is 1.79 bits per heavy atom. The third-order valence-corrected chi connectivity index (χ3v) is 5.92. The van der Waals surface area contributed by atoms with Gasteiger partial charge in [-0.25, -0.2) is 15.8 Å². The summed E-state index contributed by atoms with van der Waals surface area (Å²) in [5.41, 5.74) is 14.7.